The minimum absolute atomic E-state index is 0.160. The Kier molecular flexibility index (Phi) is 4.47. The Hall–Kier alpha value is -1.60. The predicted molar refractivity (Wildman–Crippen MR) is 66.0 cm³/mol. The monoisotopic (exact) mass is 257 g/mol. The van der Waals surface area contributed by atoms with Gasteiger partial charge in [-0.3, -0.25) is 4.79 Å². The van der Waals surface area contributed by atoms with E-state index in [0.29, 0.717) is 11.3 Å². The molecule has 1 aromatic rings. The van der Waals surface area contributed by atoms with Crippen molar-refractivity contribution in [2.75, 3.05) is 25.1 Å². The van der Waals surface area contributed by atoms with Gasteiger partial charge in [0.25, 0.3) is 5.91 Å². The van der Waals surface area contributed by atoms with Gasteiger partial charge in [0.2, 0.25) is 10.0 Å². The highest BCUT2D eigenvalue weighted by Gasteiger charge is 2.05. The minimum atomic E-state index is -3.21. The highest BCUT2D eigenvalue weighted by atomic mass is 32.2. The first-order chi connectivity index (χ1) is 7.88. The molecular weight excluding hydrogens is 242 g/mol. The number of anilines is 1. The van der Waals surface area contributed by atoms with Gasteiger partial charge in [0.15, 0.2) is 0 Å². The molecular formula is C10H15N3O3S. The van der Waals surface area contributed by atoms with Gasteiger partial charge in [-0.15, -0.1) is 0 Å². The fourth-order valence-corrected chi connectivity index (χ4v) is 1.67. The molecule has 0 atom stereocenters. The van der Waals surface area contributed by atoms with E-state index >= 15 is 0 Å². The highest BCUT2D eigenvalue weighted by molar-refractivity contribution is 7.88. The van der Waals surface area contributed by atoms with Crippen molar-refractivity contribution in [2.45, 2.75) is 0 Å². The van der Waals surface area contributed by atoms with Crippen LogP contribution in [0, 0.1) is 0 Å². The van der Waals surface area contributed by atoms with Crippen LogP contribution < -0.4 is 15.8 Å². The zero-order valence-electron chi connectivity index (χ0n) is 9.43. The molecule has 0 aromatic heterocycles. The van der Waals surface area contributed by atoms with Gasteiger partial charge >= 0.3 is 0 Å². The van der Waals surface area contributed by atoms with Gasteiger partial charge in [0.1, 0.15) is 0 Å². The summed E-state index contributed by atoms with van der Waals surface area (Å²) in [5.41, 5.74) is 6.49. The van der Waals surface area contributed by atoms with Crippen molar-refractivity contribution in [1.29, 1.82) is 0 Å². The molecule has 7 heteroatoms. The molecule has 0 bridgehead atoms. The zero-order chi connectivity index (χ0) is 12.9. The normalized spacial score (nSPS) is 11.1. The summed E-state index contributed by atoms with van der Waals surface area (Å²) >= 11 is 0. The second kappa shape index (κ2) is 5.65. The van der Waals surface area contributed by atoms with Crippen molar-refractivity contribution in [3.05, 3.63) is 29.8 Å². The first kappa shape index (κ1) is 13.5. The Labute approximate surface area is 100 Å². The van der Waals surface area contributed by atoms with E-state index in [1.54, 1.807) is 24.3 Å². The smallest absolute Gasteiger partial charge is 0.251 e. The number of carbonyl (C=O) groups is 1. The fourth-order valence-electron chi connectivity index (χ4n) is 1.19. The Bertz CT molecular complexity index is 499. The first-order valence-electron chi connectivity index (χ1n) is 4.97. The van der Waals surface area contributed by atoms with Gasteiger partial charge in [-0.25, -0.2) is 13.1 Å². The largest absolute Gasteiger partial charge is 0.399 e. The lowest BCUT2D eigenvalue weighted by Gasteiger charge is -2.06. The Morgan fingerprint density at radius 3 is 2.65 bits per heavy atom. The van der Waals surface area contributed by atoms with Crippen LogP contribution in [0.3, 0.4) is 0 Å². The molecule has 1 amide bonds. The van der Waals surface area contributed by atoms with Crippen molar-refractivity contribution in [1.82, 2.24) is 10.0 Å². The second-order valence-corrected chi connectivity index (χ2v) is 5.38. The summed E-state index contributed by atoms with van der Waals surface area (Å²) in [6.45, 7) is 0.383. The molecule has 0 aliphatic rings. The maximum atomic E-state index is 11.6. The van der Waals surface area contributed by atoms with Crippen LogP contribution in [0.4, 0.5) is 5.69 Å². The van der Waals surface area contributed by atoms with E-state index in [9.17, 15) is 13.2 Å². The maximum absolute atomic E-state index is 11.6. The molecule has 0 saturated carbocycles. The Morgan fingerprint density at radius 2 is 2.06 bits per heavy atom. The highest BCUT2D eigenvalue weighted by Crippen LogP contribution is 2.05. The first-order valence-corrected chi connectivity index (χ1v) is 6.86. The molecule has 1 aromatic carbocycles. The fraction of sp³-hybridized carbons (Fsp3) is 0.300. The summed E-state index contributed by atoms with van der Waals surface area (Å²) in [5, 5.41) is 2.58. The summed E-state index contributed by atoms with van der Waals surface area (Å²) < 4.78 is 23.8. The summed E-state index contributed by atoms with van der Waals surface area (Å²) in [5.74, 6) is -0.285. The van der Waals surface area contributed by atoms with Crippen molar-refractivity contribution >= 4 is 21.6 Å². The van der Waals surface area contributed by atoms with E-state index in [4.69, 9.17) is 5.73 Å². The second-order valence-electron chi connectivity index (χ2n) is 3.55. The number of nitrogens with two attached hydrogens (primary N) is 1. The average molecular weight is 257 g/mol. The van der Waals surface area contributed by atoms with Gasteiger partial charge in [-0.05, 0) is 18.2 Å². The van der Waals surface area contributed by atoms with Crippen molar-refractivity contribution in [3.8, 4) is 0 Å². The van der Waals surface area contributed by atoms with Gasteiger partial charge in [0, 0.05) is 24.3 Å². The van der Waals surface area contributed by atoms with Crippen LogP contribution >= 0.6 is 0 Å². The zero-order valence-corrected chi connectivity index (χ0v) is 10.3. The molecule has 0 aliphatic heterocycles. The third kappa shape index (κ3) is 5.32. The lowest BCUT2D eigenvalue weighted by atomic mass is 10.2. The maximum Gasteiger partial charge on any atom is 0.251 e. The van der Waals surface area contributed by atoms with Crippen LogP contribution in [-0.2, 0) is 10.0 Å². The van der Waals surface area contributed by atoms with Crippen LogP contribution in [0.25, 0.3) is 0 Å². The molecule has 4 N–H and O–H groups in total. The molecule has 0 radical (unpaired) electrons. The topological polar surface area (TPSA) is 101 Å². The summed E-state index contributed by atoms with van der Waals surface area (Å²) in [6, 6.07) is 6.55. The summed E-state index contributed by atoms with van der Waals surface area (Å²) in [7, 11) is -3.21. The number of sulfonamides is 1. The molecule has 17 heavy (non-hydrogen) atoms. The SMILES string of the molecule is CS(=O)(=O)NCCNC(=O)c1cccc(N)c1. The molecule has 0 fully saturated rings. The van der Waals surface area contributed by atoms with E-state index < -0.39 is 10.0 Å². The van der Waals surface area contributed by atoms with E-state index in [1.807, 2.05) is 0 Å². The standard InChI is InChI=1S/C10H15N3O3S/c1-17(15,16)13-6-5-12-10(14)8-3-2-4-9(11)7-8/h2-4,7,13H,5-6,11H2,1H3,(H,12,14). The number of benzene rings is 1. The number of amides is 1. The van der Waals surface area contributed by atoms with Crippen LogP contribution in [0.2, 0.25) is 0 Å². The van der Waals surface area contributed by atoms with Crippen LogP contribution in [0.15, 0.2) is 24.3 Å². The molecule has 0 saturated heterocycles. The van der Waals surface area contributed by atoms with Crippen molar-refractivity contribution < 1.29 is 13.2 Å². The molecule has 1 rings (SSSR count). The van der Waals surface area contributed by atoms with Crippen molar-refractivity contribution in [3.63, 3.8) is 0 Å². The predicted octanol–water partition coefficient (Wildman–Crippen LogP) is -0.452. The van der Waals surface area contributed by atoms with E-state index in [2.05, 4.69) is 10.0 Å². The van der Waals surface area contributed by atoms with Gasteiger partial charge in [-0.1, -0.05) is 6.07 Å². The summed E-state index contributed by atoms with van der Waals surface area (Å²) in [4.78, 5) is 11.6. The lowest BCUT2D eigenvalue weighted by molar-refractivity contribution is 0.0954. The third-order valence-corrected chi connectivity index (χ3v) is 2.65. The number of nitrogen functional groups attached to an aromatic ring is 1. The van der Waals surface area contributed by atoms with E-state index in [0.717, 1.165) is 6.26 Å². The summed E-state index contributed by atoms with van der Waals surface area (Å²) in [6.07, 6.45) is 1.06. The van der Waals surface area contributed by atoms with E-state index in [1.165, 1.54) is 0 Å². The van der Waals surface area contributed by atoms with Crippen LogP contribution in [0.5, 0.6) is 0 Å². The van der Waals surface area contributed by atoms with Crippen LogP contribution in [0.1, 0.15) is 10.4 Å². The minimum Gasteiger partial charge on any atom is -0.399 e. The molecule has 0 unspecified atom stereocenters. The number of rotatable bonds is 5. The average Bonchev–Trinajstić information content (AvgIpc) is 2.23. The number of carbonyl (C=O) groups excluding carboxylic acids is 1. The van der Waals surface area contributed by atoms with Gasteiger partial charge < -0.3 is 11.1 Å². The molecule has 94 valence electrons. The Morgan fingerprint density at radius 1 is 1.35 bits per heavy atom. The quantitative estimate of drug-likeness (QED) is 0.491. The molecule has 0 spiro atoms. The molecule has 6 nitrogen and oxygen atoms in total. The van der Waals surface area contributed by atoms with Crippen LogP contribution in [-0.4, -0.2) is 33.7 Å². The number of hydrogen-bond donors (Lipinski definition) is 3. The number of hydrogen-bond acceptors (Lipinski definition) is 4. The number of nitrogens with one attached hydrogen (secondary N) is 2. The van der Waals surface area contributed by atoms with E-state index in [-0.39, 0.29) is 19.0 Å². The molecule has 0 heterocycles. The molecule has 0 aliphatic carbocycles. The third-order valence-electron chi connectivity index (χ3n) is 1.92. The van der Waals surface area contributed by atoms with Gasteiger partial charge in [0.05, 0.1) is 6.26 Å². The van der Waals surface area contributed by atoms with Gasteiger partial charge in [-0.2, -0.15) is 0 Å². The lowest BCUT2D eigenvalue weighted by Crippen LogP contribution is -2.34. The van der Waals surface area contributed by atoms with Crippen molar-refractivity contribution in [2.24, 2.45) is 0 Å². The Balaban J connectivity index is 2.41.